The van der Waals surface area contributed by atoms with Crippen LogP contribution >= 0.6 is 0 Å². The molecule has 0 radical (unpaired) electrons. The van der Waals surface area contributed by atoms with E-state index in [-0.39, 0.29) is 13.2 Å². The van der Waals surface area contributed by atoms with Crippen LogP contribution < -0.4 is 0 Å². The third kappa shape index (κ3) is 9.83. The highest BCUT2D eigenvalue weighted by Crippen LogP contribution is 2.09. The molecule has 0 spiro atoms. The van der Waals surface area contributed by atoms with Crippen LogP contribution in [0.1, 0.15) is 58.3 Å². The van der Waals surface area contributed by atoms with Gasteiger partial charge in [0.15, 0.2) is 0 Å². The molecule has 0 aromatic carbocycles. The molecule has 0 aromatic rings. The van der Waals surface area contributed by atoms with E-state index in [1.807, 2.05) is 0 Å². The van der Waals surface area contributed by atoms with Crippen molar-refractivity contribution in [3.63, 3.8) is 0 Å². The van der Waals surface area contributed by atoms with Gasteiger partial charge in [0, 0.05) is 6.61 Å². The van der Waals surface area contributed by atoms with Crippen molar-refractivity contribution < 1.29 is 20.1 Å². The normalized spacial score (nSPS) is 14.7. The molecule has 0 saturated heterocycles. The fourth-order valence-electron chi connectivity index (χ4n) is 1.87. The number of hydrogen-bond acceptors (Lipinski definition) is 4. The van der Waals surface area contributed by atoms with Crippen molar-refractivity contribution in [3.05, 3.63) is 0 Å². The molecule has 0 aliphatic carbocycles. The minimum absolute atomic E-state index is 0.251. The van der Waals surface area contributed by atoms with E-state index in [1.54, 1.807) is 0 Å². The van der Waals surface area contributed by atoms with E-state index in [2.05, 4.69) is 6.92 Å². The van der Waals surface area contributed by atoms with E-state index >= 15 is 0 Å². The molecule has 0 aliphatic heterocycles. The molecule has 0 amide bonds. The maximum absolute atomic E-state index is 9.31. The fourth-order valence-corrected chi connectivity index (χ4v) is 1.87. The van der Waals surface area contributed by atoms with Crippen molar-refractivity contribution in [3.8, 4) is 0 Å². The molecule has 0 rings (SSSR count). The zero-order valence-corrected chi connectivity index (χ0v) is 11.7. The quantitative estimate of drug-likeness (QED) is 0.443. The maximum atomic E-state index is 9.31. The number of hydrogen-bond donors (Lipinski definition) is 3. The summed E-state index contributed by atoms with van der Waals surface area (Å²) in [5, 5.41) is 27.0. The summed E-state index contributed by atoms with van der Waals surface area (Å²) < 4.78 is 5.33. The second-order valence-electron chi connectivity index (χ2n) is 4.82. The van der Waals surface area contributed by atoms with Gasteiger partial charge in [-0.05, 0) is 6.42 Å². The predicted octanol–water partition coefficient (Wildman–Crippen LogP) is 1.86. The van der Waals surface area contributed by atoms with E-state index in [0.29, 0.717) is 6.61 Å². The molecule has 0 saturated carbocycles. The molecular formula is C14H30O4. The van der Waals surface area contributed by atoms with E-state index in [1.165, 1.54) is 38.5 Å². The van der Waals surface area contributed by atoms with Gasteiger partial charge >= 0.3 is 0 Å². The van der Waals surface area contributed by atoms with Crippen molar-refractivity contribution in [2.45, 2.75) is 70.5 Å². The Morgan fingerprint density at radius 3 is 1.89 bits per heavy atom. The van der Waals surface area contributed by atoms with Crippen molar-refractivity contribution in [2.75, 3.05) is 19.8 Å². The summed E-state index contributed by atoms with van der Waals surface area (Å²) in [4.78, 5) is 0. The Balaban J connectivity index is 3.28. The van der Waals surface area contributed by atoms with Crippen LogP contribution in [0.4, 0.5) is 0 Å². The van der Waals surface area contributed by atoms with Crippen LogP contribution in [0.3, 0.4) is 0 Å². The summed E-state index contributed by atoms with van der Waals surface area (Å²) in [5.74, 6) is 0. The lowest BCUT2D eigenvalue weighted by molar-refractivity contribution is -0.0802. The zero-order chi connectivity index (χ0) is 13.6. The number of unbranched alkanes of at least 4 members (excludes halogenated alkanes) is 7. The average Bonchev–Trinajstić information content (AvgIpc) is 2.40. The Labute approximate surface area is 111 Å². The second kappa shape index (κ2) is 13.3. The number of rotatable bonds is 13. The fraction of sp³-hybridized carbons (Fsp3) is 1.00. The second-order valence-corrected chi connectivity index (χ2v) is 4.82. The Morgan fingerprint density at radius 2 is 1.39 bits per heavy atom. The molecule has 3 N–H and O–H groups in total. The van der Waals surface area contributed by atoms with Gasteiger partial charge in [0.05, 0.1) is 13.2 Å². The molecule has 4 nitrogen and oxygen atoms in total. The van der Waals surface area contributed by atoms with Crippen molar-refractivity contribution >= 4 is 0 Å². The SMILES string of the molecule is CCCCCCCCCCOC(CO)C(O)CO. The van der Waals surface area contributed by atoms with Gasteiger partial charge in [0.25, 0.3) is 0 Å². The highest BCUT2D eigenvalue weighted by atomic mass is 16.5. The summed E-state index contributed by atoms with van der Waals surface area (Å²) in [5.41, 5.74) is 0. The number of aliphatic hydroxyl groups is 3. The zero-order valence-electron chi connectivity index (χ0n) is 11.7. The third-order valence-electron chi connectivity index (χ3n) is 3.13. The molecule has 0 fully saturated rings. The molecule has 110 valence electrons. The first kappa shape index (κ1) is 17.8. The summed E-state index contributed by atoms with van der Waals surface area (Å²) in [6, 6.07) is 0. The summed E-state index contributed by atoms with van der Waals surface area (Å²) in [6.45, 7) is 2.13. The summed E-state index contributed by atoms with van der Waals surface area (Å²) in [7, 11) is 0. The van der Waals surface area contributed by atoms with Gasteiger partial charge in [-0.15, -0.1) is 0 Å². The standard InChI is InChI=1S/C14H30O4/c1-2-3-4-5-6-7-8-9-10-18-14(12-16)13(17)11-15/h13-17H,2-12H2,1H3. The first-order valence-corrected chi connectivity index (χ1v) is 7.27. The number of aliphatic hydroxyl groups excluding tert-OH is 3. The lowest BCUT2D eigenvalue weighted by Crippen LogP contribution is -2.35. The first-order chi connectivity index (χ1) is 8.76. The van der Waals surface area contributed by atoms with Gasteiger partial charge < -0.3 is 20.1 Å². The van der Waals surface area contributed by atoms with Crippen LogP contribution in [-0.2, 0) is 4.74 Å². The molecular weight excluding hydrogens is 232 g/mol. The van der Waals surface area contributed by atoms with Crippen LogP contribution in [0.25, 0.3) is 0 Å². The van der Waals surface area contributed by atoms with Gasteiger partial charge in [0.2, 0.25) is 0 Å². The van der Waals surface area contributed by atoms with Crippen LogP contribution in [-0.4, -0.2) is 47.3 Å². The van der Waals surface area contributed by atoms with E-state index in [0.717, 1.165) is 12.8 Å². The highest BCUT2D eigenvalue weighted by molar-refractivity contribution is 4.66. The van der Waals surface area contributed by atoms with Crippen molar-refractivity contribution in [1.29, 1.82) is 0 Å². The van der Waals surface area contributed by atoms with Crippen LogP contribution in [0.2, 0.25) is 0 Å². The Bertz CT molecular complexity index is 164. The Morgan fingerprint density at radius 1 is 0.833 bits per heavy atom. The monoisotopic (exact) mass is 262 g/mol. The topological polar surface area (TPSA) is 69.9 Å². The van der Waals surface area contributed by atoms with Gasteiger partial charge in [0.1, 0.15) is 12.2 Å². The number of ether oxygens (including phenoxy) is 1. The van der Waals surface area contributed by atoms with E-state index < -0.39 is 12.2 Å². The summed E-state index contributed by atoms with van der Waals surface area (Å²) in [6.07, 6.45) is 8.21. The van der Waals surface area contributed by atoms with Gasteiger partial charge in [-0.25, -0.2) is 0 Å². The lowest BCUT2D eigenvalue weighted by atomic mass is 10.1. The van der Waals surface area contributed by atoms with E-state index in [9.17, 15) is 5.11 Å². The van der Waals surface area contributed by atoms with E-state index in [4.69, 9.17) is 14.9 Å². The molecule has 18 heavy (non-hydrogen) atoms. The first-order valence-electron chi connectivity index (χ1n) is 7.27. The van der Waals surface area contributed by atoms with Crippen molar-refractivity contribution in [1.82, 2.24) is 0 Å². The third-order valence-corrected chi connectivity index (χ3v) is 3.13. The van der Waals surface area contributed by atoms with Gasteiger partial charge in [-0.3, -0.25) is 0 Å². The average molecular weight is 262 g/mol. The maximum Gasteiger partial charge on any atom is 0.109 e. The summed E-state index contributed by atoms with van der Waals surface area (Å²) >= 11 is 0. The lowest BCUT2D eigenvalue weighted by Gasteiger charge is -2.19. The molecule has 0 bridgehead atoms. The molecule has 0 heterocycles. The minimum Gasteiger partial charge on any atom is -0.394 e. The van der Waals surface area contributed by atoms with Crippen molar-refractivity contribution in [2.24, 2.45) is 0 Å². The highest BCUT2D eigenvalue weighted by Gasteiger charge is 2.17. The van der Waals surface area contributed by atoms with Gasteiger partial charge in [-0.2, -0.15) is 0 Å². The molecule has 2 atom stereocenters. The molecule has 0 aromatic heterocycles. The molecule has 4 heteroatoms. The van der Waals surface area contributed by atoms with Crippen LogP contribution in [0.5, 0.6) is 0 Å². The largest absolute Gasteiger partial charge is 0.394 e. The van der Waals surface area contributed by atoms with Crippen LogP contribution in [0, 0.1) is 0 Å². The van der Waals surface area contributed by atoms with Gasteiger partial charge in [-0.1, -0.05) is 51.9 Å². The Hall–Kier alpha value is -0.160. The molecule has 0 aliphatic rings. The predicted molar refractivity (Wildman–Crippen MR) is 72.5 cm³/mol. The molecule has 2 unspecified atom stereocenters. The minimum atomic E-state index is -0.982. The smallest absolute Gasteiger partial charge is 0.109 e. The van der Waals surface area contributed by atoms with Crippen LogP contribution in [0.15, 0.2) is 0 Å². The Kier molecular flexibility index (Phi) is 13.2.